The van der Waals surface area contributed by atoms with Gasteiger partial charge in [0.05, 0.1) is 3.57 Å². The first kappa shape index (κ1) is 6.53. The first-order chi connectivity index (χ1) is 4.20. The standard InChI is InChI=1S/C4H3IN2O2/c5-2-1-6-4(9)7-3(2)8/h1H,(H2,6,7,8,9)/i5+4. The summed E-state index contributed by atoms with van der Waals surface area (Å²) in [5.74, 6) is 0. The maximum absolute atomic E-state index is 10.6. The fourth-order valence-corrected chi connectivity index (χ4v) is 0.684. The predicted molar refractivity (Wildman–Crippen MR) is 40.4 cm³/mol. The fraction of sp³-hybridized carbons (Fsp3) is 0. The number of aromatic nitrogens is 2. The molecule has 0 aliphatic carbocycles. The van der Waals surface area contributed by atoms with Gasteiger partial charge in [-0.2, -0.15) is 0 Å². The Hall–Kier alpha value is -0.590. The lowest BCUT2D eigenvalue weighted by atomic mass is 10.7. The van der Waals surface area contributed by atoms with Crippen LogP contribution in [0.15, 0.2) is 15.8 Å². The van der Waals surface area contributed by atoms with E-state index in [0.29, 0.717) is 3.57 Å². The smallest absolute Gasteiger partial charge is 0.313 e. The van der Waals surface area contributed by atoms with Crippen LogP contribution in [-0.2, 0) is 0 Å². The Bertz CT molecular complexity index is 313. The van der Waals surface area contributed by atoms with Gasteiger partial charge in [0.2, 0.25) is 0 Å². The summed E-state index contributed by atoms with van der Waals surface area (Å²) in [6.45, 7) is 0. The van der Waals surface area contributed by atoms with Crippen LogP contribution in [0, 0.1) is 3.57 Å². The summed E-state index contributed by atoms with van der Waals surface area (Å²) >= 11 is 1.83. The van der Waals surface area contributed by atoms with Crippen molar-refractivity contribution in [1.29, 1.82) is 0 Å². The Labute approximate surface area is 63.5 Å². The fourth-order valence-electron chi connectivity index (χ4n) is 0.393. The van der Waals surface area contributed by atoms with E-state index in [9.17, 15) is 9.59 Å². The number of nitrogens with one attached hydrogen (secondary N) is 2. The molecule has 1 aromatic heterocycles. The summed E-state index contributed by atoms with van der Waals surface area (Å²) in [5, 5.41) is 0. The van der Waals surface area contributed by atoms with E-state index in [2.05, 4.69) is 9.97 Å². The minimum atomic E-state index is -0.472. The molecule has 0 spiro atoms. The van der Waals surface area contributed by atoms with Crippen molar-refractivity contribution < 1.29 is 0 Å². The van der Waals surface area contributed by atoms with Gasteiger partial charge < -0.3 is 4.98 Å². The molecule has 4 nitrogen and oxygen atoms in total. The zero-order chi connectivity index (χ0) is 6.85. The average molecular weight is 242 g/mol. The van der Waals surface area contributed by atoms with Crippen LogP contribution in [0.3, 0.4) is 0 Å². The molecule has 5 heteroatoms. The topological polar surface area (TPSA) is 65.7 Å². The van der Waals surface area contributed by atoms with Crippen LogP contribution in [0.25, 0.3) is 0 Å². The van der Waals surface area contributed by atoms with Crippen molar-refractivity contribution in [2.24, 2.45) is 0 Å². The quantitative estimate of drug-likeness (QED) is 0.611. The summed E-state index contributed by atoms with van der Waals surface area (Å²) in [4.78, 5) is 25.3. The summed E-state index contributed by atoms with van der Waals surface area (Å²) in [6.07, 6.45) is 1.36. The highest BCUT2D eigenvalue weighted by atomic mass is 131. The SMILES string of the molecule is O=c1[nH]cc([131I])c(=O)[nH]1. The maximum Gasteiger partial charge on any atom is 0.325 e. The van der Waals surface area contributed by atoms with E-state index in [1.165, 1.54) is 6.20 Å². The minimum Gasteiger partial charge on any atom is -0.313 e. The van der Waals surface area contributed by atoms with Crippen molar-refractivity contribution in [2.75, 3.05) is 0 Å². The molecule has 0 radical (unpaired) electrons. The molecule has 48 valence electrons. The third-order valence-electron chi connectivity index (χ3n) is 0.774. The second-order valence-corrected chi connectivity index (χ2v) is 2.58. The van der Waals surface area contributed by atoms with Crippen molar-refractivity contribution in [2.45, 2.75) is 0 Å². The lowest BCUT2D eigenvalue weighted by Crippen LogP contribution is -2.22. The molecule has 0 aromatic carbocycles. The van der Waals surface area contributed by atoms with Crippen LogP contribution in [0.2, 0.25) is 0 Å². The predicted octanol–water partition coefficient (Wildman–Crippen LogP) is -0.332. The molecule has 0 atom stereocenters. The summed E-state index contributed by atoms with van der Waals surface area (Å²) < 4.78 is 0.479. The van der Waals surface area contributed by atoms with Crippen LogP contribution >= 0.6 is 22.6 Å². The van der Waals surface area contributed by atoms with Gasteiger partial charge in [-0.1, -0.05) is 0 Å². The summed E-state index contributed by atoms with van der Waals surface area (Å²) in [5.41, 5.74) is -0.820. The zero-order valence-corrected chi connectivity index (χ0v) is 6.43. The lowest BCUT2D eigenvalue weighted by Gasteiger charge is -1.82. The maximum atomic E-state index is 10.6. The number of halogens is 1. The van der Waals surface area contributed by atoms with E-state index < -0.39 is 5.69 Å². The zero-order valence-electron chi connectivity index (χ0n) is 4.27. The monoisotopic (exact) mass is 242 g/mol. The van der Waals surface area contributed by atoms with Gasteiger partial charge in [0.15, 0.2) is 0 Å². The Kier molecular flexibility index (Phi) is 1.70. The third kappa shape index (κ3) is 1.41. The van der Waals surface area contributed by atoms with Gasteiger partial charge in [0.25, 0.3) is 5.56 Å². The normalized spacial score (nSPS) is 9.44. The van der Waals surface area contributed by atoms with Crippen molar-refractivity contribution in [1.82, 2.24) is 9.97 Å². The van der Waals surface area contributed by atoms with E-state index in [0.717, 1.165) is 0 Å². The molecule has 0 aliphatic rings. The molecular weight excluding hydrogens is 239 g/mol. The molecule has 0 saturated carbocycles. The molecule has 1 heterocycles. The molecule has 0 saturated heterocycles. The highest BCUT2D eigenvalue weighted by Crippen LogP contribution is 1.87. The second kappa shape index (κ2) is 2.34. The Morgan fingerprint density at radius 2 is 2.11 bits per heavy atom. The van der Waals surface area contributed by atoms with Crippen LogP contribution in [-0.4, -0.2) is 9.97 Å². The molecule has 0 bridgehead atoms. The van der Waals surface area contributed by atoms with Gasteiger partial charge in [0, 0.05) is 6.20 Å². The van der Waals surface area contributed by atoms with Crippen molar-refractivity contribution >= 4 is 22.6 Å². The first-order valence-electron chi connectivity index (χ1n) is 2.17. The highest BCUT2D eigenvalue weighted by molar-refractivity contribution is 14.1. The van der Waals surface area contributed by atoms with E-state index >= 15 is 0 Å². The number of rotatable bonds is 0. The molecule has 0 fully saturated rings. The Balaban J connectivity index is 3.52. The van der Waals surface area contributed by atoms with Crippen LogP contribution in [0.5, 0.6) is 0 Å². The summed E-state index contributed by atoms with van der Waals surface area (Å²) in [6, 6.07) is 0. The molecule has 0 unspecified atom stereocenters. The van der Waals surface area contributed by atoms with Gasteiger partial charge in [-0.15, -0.1) is 0 Å². The van der Waals surface area contributed by atoms with Gasteiger partial charge in [-0.25, -0.2) is 4.79 Å². The molecule has 9 heavy (non-hydrogen) atoms. The molecule has 1 aromatic rings. The highest BCUT2D eigenvalue weighted by Gasteiger charge is 1.90. The third-order valence-corrected chi connectivity index (χ3v) is 1.58. The van der Waals surface area contributed by atoms with E-state index in [-0.39, 0.29) is 5.56 Å². The van der Waals surface area contributed by atoms with E-state index in [1.807, 2.05) is 22.6 Å². The number of hydrogen-bond acceptors (Lipinski definition) is 2. The van der Waals surface area contributed by atoms with Crippen LogP contribution < -0.4 is 11.2 Å². The molecule has 1 rings (SSSR count). The molecule has 0 aliphatic heterocycles. The second-order valence-electron chi connectivity index (χ2n) is 1.42. The average Bonchev–Trinajstić information content (AvgIpc) is 1.80. The van der Waals surface area contributed by atoms with E-state index in [4.69, 9.17) is 0 Å². The summed E-state index contributed by atoms with van der Waals surface area (Å²) in [7, 11) is 0. The van der Waals surface area contributed by atoms with Gasteiger partial charge in [-0.3, -0.25) is 9.78 Å². The molecule has 0 amide bonds. The lowest BCUT2D eigenvalue weighted by molar-refractivity contribution is 1.02. The van der Waals surface area contributed by atoms with Gasteiger partial charge in [0.1, 0.15) is 0 Å². The number of hydrogen-bond donors (Lipinski definition) is 2. The largest absolute Gasteiger partial charge is 0.325 e. The minimum absolute atomic E-state index is 0.348. The Morgan fingerprint density at radius 1 is 1.44 bits per heavy atom. The van der Waals surface area contributed by atoms with Crippen molar-refractivity contribution in [3.63, 3.8) is 0 Å². The first-order valence-corrected chi connectivity index (χ1v) is 3.25. The van der Waals surface area contributed by atoms with Crippen LogP contribution in [0.1, 0.15) is 0 Å². The Morgan fingerprint density at radius 3 is 2.56 bits per heavy atom. The van der Waals surface area contributed by atoms with Crippen LogP contribution in [0.4, 0.5) is 0 Å². The van der Waals surface area contributed by atoms with E-state index in [1.54, 1.807) is 0 Å². The van der Waals surface area contributed by atoms with Crippen molar-refractivity contribution in [3.8, 4) is 0 Å². The van der Waals surface area contributed by atoms with Gasteiger partial charge in [-0.05, 0) is 22.6 Å². The number of aromatic amines is 2. The molecular formula is C4H3IN2O2. The van der Waals surface area contributed by atoms with Crippen molar-refractivity contribution in [3.05, 3.63) is 30.6 Å². The number of H-pyrrole nitrogens is 2. The molecule has 2 N–H and O–H groups in total. The van der Waals surface area contributed by atoms with Gasteiger partial charge >= 0.3 is 5.69 Å².